The highest BCUT2D eigenvalue weighted by atomic mass is 35.5. The third-order valence-corrected chi connectivity index (χ3v) is 5.98. The predicted octanol–water partition coefficient (Wildman–Crippen LogP) is 5.26. The van der Waals surface area contributed by atoms with Gasteiger partial charge in [0.25, 0.3) is 0 Å². The maximum Gasteiger partial charge on any atom is 0.0406 e. The van der Waals surface area contributed by atoms with Crippen LogP contribution in [-0.4, -0.2) is 31.1 Å². The lowest BCUT2D eigenvalue weighted by Gasteiger charge is -2.42. The van der Waals surface area contributed by atoms with Gasteiger partial charge in [0.15, 0.2) is 0 Å². The fourth-order valence-corrected chi connectivity index (χ4v) is 4.12. The van der Waals surface area contributed by atoms with Crippen LogP contribution in [-0.2, 0) is 12.0 Å². The number of rotatable bonds is 8. The molecule has 2 nitrogen and oxygen atoms in total. The van der Waals surface area contributed by atoms with Crippen LogP contribution in [0.1, 0.15) is 43.7 Å². The van der Waals surface area contributed by atoms with Crippen molar-refractivity contribution in [3.05, 3.63) is 70.7 Å². The van der Waals surface area contributed by atoms with E-state index in [1.54, 1.807) is 0 Å². The van der Waals surface area contributed by atoms with Gasteiger partial charge in [-0.3, -0.25) is 0 Å². The van der Waals surface area contributed by atoms with Crippen molar-refractivity contribution in [2.75, 3.05) is 26.2 Å². The van der Waals surface area contributed by atoms with E-state index in [1.165, 1.54) is 56.4 Å². The van der Waals surface area contributed by atoms with E-state index < -0.39 is 0 Å². The van der Waals surface area contributed by atoms with Gasteiger partial charge in [-0.1, -0.05) is 67.4 Å². The maximum absolute atomic E-state index is 5.99. The Hall–Kier alpha value is -1.35. The second-order valence-corrected chi connectivity index (χ2v) is 8.01. The first-order valence-electron chi connectivity index (χ1n) is 9.95. The molecule has 1 N–H and O–H groups in total. The molecule has 0 unspecified atom stereocenters. The molecule has 1 aliphatic rings. The lowest BCUT2D eigenvalue weighted by molar-refractivity contribution is 0.154. The van der Waals surface area contributed by atoms with Crippen LogP contribution in [0.15, 0.2) is 54.6 Å². The number of nitrogens with zero attached hydrogens (tertiary/aromatic N) is 1. The van der Waals surface area contributed by atoms with Crippen molar-refractivity contribution in [1.82, 2.24) is 10.2 Å². The molecule has 0 atom stereocenters. The Balaban J connectivity index is 1.64. The maximum atomic E-state index is 5.99. The van der Waals surface area contributed by atoms with Gasteiger partial charge in [-0.25, -0.2) is 0 Å². The summed E-state index contributed by atoms with van der Waals surface area (Å²) in [5.41, 5.74) is 3.02. The number of benzene rings is 2. The third kappa shape index (κ3) is 5.09. The van der Waals surface area contributed by atoms with Crippen LogP contribution in [0.25, 0.3) is 0 Å². The van der Waals surface area contributed by atoms with Gasteiger partial charge in [-0.05, 0) is 62.2 Å². The SMILES string of the molecule is CCCCN1CCC(CNCc2ccc(Cl)cc2)(c2ccccc2)CC1. The number of unbranched alkanes of at least 4 members (excludes halogenated alkanes) is 1. The van der Waals surface area contributed by atoms with Crippen molar-refractivity contribution in [1.29, 1.82) is 0 Å². The van der Waals surface area contributed by atoms with E-state index in [4.69, 9.17) is 11.6 Å². The van der Waals surface area contributed by atoms with Crippen molar-refractivity contribution in [2.45, 2.75) is 44.6 Å². The lowest BCUT2D eigenvalue weighted by atomic mass is 9.72. The fraction of sp³-hybridized carbons (Fsp3) is 0.478. The molecule has 0 spiro atoms. The Labute approximate surface area is 163 Å². The Bertz CT molecular complexity index is 646. The summed E-state index contributed by atoms with van der Waals surface area (Å²) in [4.78, 5) is 2.64. The van der Waals surface area contributed by atoms with Crippen molar-refractivity contribution >= 4 is 11.6 Å². The summed E-state index contributed by atoms with van der Waals surface area (Å²) in [5, 5.41) is 4.53. The largest absolute Gasteiger partial charge is 0.312 e. The van der Waals surface area contributed by atoms with Crippen LogP contribution >= 0.6 is 11.6 Å². The van der Waals surface area contributed by atoms with Crippen molar-refractivity contribution in [3.63, 3.8) is 0 Å². The van der Waals surface area contributed by atoms with E-state index in [1.807, 2.05) is 12.1 Å². The van der Waals surface area contributed by atoms with Crippen LogP contribution in [0.2, 0.25) is 5.02 Å². The molecule has 1 saturated heterocycles. The molecule has 0 aliphatic carbocycles. The summed E-state index contributed by atoms with van der Waals surface area (Å²) in [7, 11) is 0. The monoisotopic (exact) mass is 370 g/mol. The summed E-state index contributed by atoms with van der Waals surface area (Å²) in [5.74, 6) is 0. The van der Waals surface area contributed by atoms with Crippen molar-refractivity contribution in [2.24, 2.45) is 0 Å². The molecule has 0 saturated carbocycles. The van der Waals surface area contributed by atoms with Gasteiger partial charge in [0.05, 0.1) is 0 Å². The average Bonchev–Trinajstić information content (AvgIpc) is 2.69. The zero-order chi connectivity index (χ0) is 18.2. The van der Waals surface area contributed by atoms with Gasteiger partial charge < -0.3 is 10.2 Å². The first-order valence-corrected chi connectivity index (χ1v) is 10.3. The highest BCUT2D eigenvalue weighted by Crippen LogP contribution is 2.35. The van der Waals surface area contributed by atoms with Crippen LogP contribution in [0, 0.1) is 0 Å². The molecule has 2 aromatic carbocycles. The van der Waals surface area contributed by atoms with E-state index in [-0.39, 0.29) is 5.41 Å². The topological polar surface area (TPSA) is 15.3 Å². The zero-order valence-corrected chi connectivity index (χ0v) is 16.6. The Kier molecular flexibility index (Phi) is 7.13. The first kappa shape index (κ1) is 19.4. The molecule has 1 fully saturated rings. The van der Waals surface area contributed by atoms with E-state index >= 15 is 0 Å². The normalized spacial score (nSPS) is 17.3. The Morgan fingerprint density at radius 2 is 1.69 bits per heavy atom. The molecule has 1 heterocycles. The van der Waals surface area contributed by atoms with E-state index in [0.717, 1.165) is 18.1 Å². The smallest absolute Gasteiger partial charge is 0.0406 e. The quantitative estimate of drug-likeness (QED) is 0.681. The number of hydrogen-bond donors (Lipinski definition) is 1. The summed E-state index contributed by atoms with van der Waals surface area (Å²) in [6.45, 7) is 7.86. The molecule has 3 rings (SSSR count). The molecule has 0 aromatic heterocycles. The number of likely N-dealkylation sites (tertiary alicyclic amines) is 1. The Morgan fingerprint density at radius 1 is 1.00 bits per heavy atom. The molecule has 0 bridgehead atoms. The summed E-state index contributed by atoms with van der Waals surface area (Å²) in [6, 6.07) is 19.3. The molecule has 140 valence electrons. The second-order valence-electron chi connectivity index (χ2n) is 7.57. The number of nitrogens with one attached hydrogen (secondary N) is 1. The fourth-order valence-electron chi connectivity index (χ4n) is 3.99. The molecular formula is C23H31ClN2. The highest BCUT2D eigenvalue weighted by Gasteiger charge is 2.35. The Morgan fingerprint density at radius 3 is 2.35 bits per heavy atom. The number of piperidine rings is 1. The third-order valence-electron chi connectivity index (χ3n) is 5.73. The molecule has 3 heteroatoms. The lowest BCUT2D eigenvalue weighted by Crippen LogP contribution is -2.48. The van der Waals surface area contributed by atoms with Gasteiger partial charge in [0.2, 0.25) is 0 Å². The molecule has 0 amide bonds. The van der Waals surface area contributed by atoms with Gasteiger partial charge in [-0.2, -0.15) is 0 Å². The van der Waals surface area contributed by atoms with Crippen LogP contribution < -0.4 is 5.32 Å². The molecular weight excluding hydrogens is 340 g/mol. The van der Waals surface area contributed by atoms with Crippen LogP contribution in [0.4, 0.5) is 0 Å². The molecule has 26 heavy (non-hydrogen) atoms. The predicted molar refractivity (Wildman–Crippen MR) is 112 cm³/mol. The van der Waals surface area contributed by atoms with Crippen molar-refractivity contribution < 1.29 is 0 Å². The number of hydrogen-bond acceptors (Lipinski definition) is 2. The molecule has 1 aliphatic heterocycles. The minimum atomic E-state index is 0.246. The standard InChI is InChI=1S/C23H31ClN2/c1-2-3-15-26-16-13-23(14-17-26,21-7-5-4-6-8-21)19-25-18-20-9-11-22(24)12-10-20/h4-12,25H,2-3,13-19H2,1H3. The van der Waals surface area contributed by atoms with Crippen molar-refractivity contribution in [3.8, 4) is 0 Å². The molecule has 2 aromatic rings. The molecule has 0 radical (unpaired) electrons. The van der Waals surface area contributed by atoms with Crippen LogP contribution in [0.5, 0.6) is 0 Å². The zero-order valence-electron chi connectivity index (χ0n) is 15.9. The number of halogens is 1. The van der Waals surface area contributed by atoms with E-state index in [0.29, 0.717) is 0 Å². The minimum absolute atomic E-state index is 0.246. The second kappa shape index (κ2) is 9.55. The summed E-state index contributed by atoms with van der Waals surface area (Å²) in [6.07, 6.45) is 5.05. The highest BCUT2D eigenvalue weighted by molar-refractivity contribution is 6.30. The summed E-state index contributed by atoms with van der Waals surface area (Å²) < 4.78 is 0. The van der Waals surface area contributed by atoms with Crippen LogP contribution in [0.3, 0.4) is 0 Å². The van der Waals surface area contributed by atoms with Gasteiger partial charge in [-0.15, -0.1) is 0 Å². The van der Waals surface area contributed by atoms with E-state index in [9.17, 15) is 0 Å². The van der Waals surface area contributed by atoms with Gasteiger partial charge >= 0.3 is 0 Å². The van der Waals surface area contributed by atoms with E-state index in [2.05, 4.69) is 59.6 Å². The average molecular weight is 371 g/mol. The van der Waals surface area contributed by atoms with Gasteiger partial charge in [0.1, 0.15) is 0 Å². The summed E-state index contributed by atoms with van der Waals surface area (Å²) >= 11 is 5.99. The first-order chi connectivity index (χ1) is 12.7. The minimum Gasteiger partial charge on any atom is -0.312 e. The van der Waals surface area contributed by atoms with Gasteiger partial charge in [0, 0.05) is 23.5 Å².